The highest BCUT2D eigenvalue weighted by Gasteiger charge is 2.20. The van der Waals surface area contributed by atoms with Crippen LogP contribution in [-0.2, 0) is 11.2 Å². The maximum atomic E-state index is 12.1. The first-order chi connectivity index (χ1) is 7.72. The van der Waals surface area contributed by atoms with Crippen molar-refractivity contribution in [1.29, 1.82) is 0 Å². The van der Waals surface area contributed by atoms with Gasteiger partial charge in [0, 0.05) is 22.4 Å². The van der Waals surface area contributed by atoms with Gasteiger partial charge in [-0.25, -0.2) is 0 Å². The van der Waals surface area contributed by atoms with Crippen LogP contribution in [0.25, 0.3) is 0 Å². The molecule has 1 aliphatic heterocycles. The first kappa shape index (κ1) is 12.1. The van der Waals surface area contributed by atoms with Gasteiger partial charge in [-0.3, -0.25) is 4.79 Å². The number of carbonyl (C=O) groups excluding carboxylic acids is 1. The summed E-state index contributed by atoms with van der Waals surface area (Å²) in [7, 11) is 0. The second-order valence-electron chi connectivity index (χ2n) is 3.64. The Labute approximate surface area is 108 Å². The molecular weight excluding hydrogens is 290 g/mol. The van der Waals surface area contributed by atoms with E-state index in [0.717, 1.165) is 15.8 Å². The molecule has 1 aromatic heterocycles. The fourth-order valence-electron chi connectivity index (χ4n) is 1.68. The van der Waals surface area contributed by atoms with E-state index in [9.17, 15) is 4.79 Å². The number of ether oxygens (including phenoxy) is 1. The molecule has 0 aliphatic carbocycles. The van der Waals surface area contributed by atoms with Crippen molar-refractivity contribution in [2.24, 2.45) is 0 Å². The van der Waals surface area contributed by atoms with E-state index >= 15 is 0 Å². The molecule has 2 rings (SSSR count). The summed E-state index contributed by atoms with van der Waals surface area (Å²) in [6.45, 7) is 4.81. The minimum absolute atomic E-state index is 0.133. The zero-order chi connectivity index (χ0) is 11.5. The van der Waals surface area contributed by atoms with Crippen LogP contribution in [0.4, 0.5) is 0 Å². The number of hydrogen-bond acceptors (Lipinski definition) is 3. The summed E-state index contributed by atoms with van der Waals surface area (Å²) in [6, 6.07) is 1.93. The van der Waals surface area contributed by atoms with Crippen LogP contribution >= 0.6 is 27.3 Å². The van der Waals surface area contributed by atoms with Gasteiger partial charge in [-0.15, -0.1) is 11.3 Å². The van der Waals surface area contributed by atoms with Crippen molar-refractivity contribution >= 4 is 33.2 Å². The third-order valence-corrected chi connectivity index (χ3v) is 4.82. The lowest BCUT2D eigenvalue weighted by Gasteiger charge is -2.26. The summed E-state index contributed by atoms with van der Waals surface area (Å²) < 4.78 is 6.29. The highest BCUT2D eigenvalue weighted by atomic mass is 79.9. The molecule has 0 radical (unpaired) electrons. The number of hydrogen-bond donors (Lipinski definition) is 0. The zero-order valence-corrected chi connectivity index (χ0v) is 11.6. The Morgan fingerprint density at radius 3 is 2.81 bits per heavy atom. The van der Waals surface area contributed by atoms with E-state index in [1.54, 1.807) is 11.3 Å². The average molecular weight is 304 g/mol. The summed E-state index contributed by atoms with van der Waals surface area (Å²) in [5, 5.41) is 0. The Morgan fingerprint density at radius 2 is 2.25 bits per heavy atom. The minimum Gasteiger partial charge on any atom is -0.378 e. The molecule has 16 heavy (non-hydrogen) atoms. The van der Waals surface area contributed by atoms with Gasteiger partial charge in [-0.1, -0.05) is 6.92 Å². The molecule has 3 nitrogen and oxygen atoms in total. The van der Waals surface area contributed by atoms with Crippen LogP contribution in [0.5, 0.6) is 0 Å². The highest BCUT2D eigenvalue weighted by Crippen LogP contribution is 2.28. The van der Waals surface area contributed by atoms with Crippen LogP contribution in [-0.4, -0.2) is 37.1 Å². The summed E-state index contributed by atoms with van der Waals surface area (Å²) >= 11 is 5.07. The molecule has 5 heteroatoms. The summed E-state index contributed by atoms with van der Waals surface area (Å²) in [6.07, 6.45) is 0.960. The summed E-state index contributed by atoms with van der Waals surface area (Å²) in [5.41, 5.74) is 0. The standard InChI is InChI=1S/C11H14BrNO2S/c1-2-9-8(12)7-10(16-9)11(14)13-3-5-15-6-4-13/h7H,2-6H2,1H3. The number of morpholine rings is 1. The largest absolute Gasteiger partial charge is 0.378 e. The van der Waals surface area contributed by atoms with Crippen molar-refractivity contribution < 1.29 is 9.53 Å². The molecular formula is C11H14BrNO2S. The first-order valence-electron chi connectivity index (χ1n) is 5.37. The van der Waals surface area contributed by atoms with Gasteiger partial charge in [0.2, 0.25) is 0 Å². The lowest BCUT2D eigenvalue weighted by molar-refractivity contribution is 0.0306. The number of halogens is 1. The van der Waals surface area contributed by atoms with Gasteiger partial charge in [0.1, 0.15) is 0 Å². The number of thiophene rings is 1. The second-order valence-corrected chi connectivity index (χ2v) is 5.63. The van der Waals surface area contributed by atoms with Crippen molar-refractivity contribution in [2.75, 3.05) is 26.3 Å². The lowest BCUT2D eigenvalue weighted by Crippen LogP contribution is -2.40. The normalized spacial score (nSPS) is 16.5. The van der Waals surface area contributed by atoms with E-state index in [2.05, 4.69) is 22.9 Å². The van der Waals surface area contributed by atoms with Crippen molar-refractivity contribution in [2.45, 2.75) is 13.3 Å². The average Bonchev–Trinajstić information content (AvgIpc) is 2.71. The van der Waals surface area contributed by atoms with Crippen molar-refractivity contribution in [1.82, 2.24) is 4.90 Å². The number of amides is 1. The van der Waals surface area contributed by atoms with Crippen molar-refractivity contribution in [3.63, 3.8) is 0 Å². The quantitative estimate of drug-likeness (QED) is 0.840. The predicted molar refractivity (Wildman–Crippen MR) is 68.1 cm³/mol. The molecule has 0 bridgehead atoms. The summed E-state index contributed by atoms with van der Waals surface area (Å²) in [5.74, 6) is 0.133. The second kappa shape index (κ2) is 5.29. The fraction of sp³-hybridized carbons (Fsp3) is 0.545. The van der Waals surface area contributed by atoms with Crippen LogP contribution in [0.1, 0.15) is 21.5 Å². The molecule has 1 aromatic rings. The monoisotopic (exact) mass is 303 g/mol. The van der Waals surface area contributed by atoms with Gasteiger partial charge in [0.05, 0.1) is 18.1 Å². The number of carbonyl (C=O) groups is 1. The topological polar surface area (TPSA) is 29.5 Å². The predicted octanol–water partition coefficient (Wildman–Crippen LogP) is 2.55. The number of nitrogens with zero attached hydrogens (tertiary/aromatic N) is 1. The van der Waals surface area contributed by atoms with E-state index in [1.807, 2.05) is 11.0 Å². The van der Waals surface area contributed by atoms with E-state index in [4.69, 9.17) is 4.74 Å². The van der Waals surface area contributed by atoms with E-state index in [1.165, 1.54) is 4.88 Å². The molecule has 88 valence electrons. The lowest BCUT2D eigenvalue weighted by atomic mass is 10.3. The Balaban J connectivity index is 2.13. The van der Waals surface area contributed by atoms with Gasteiger partial charge < -0.3 is 9.64 Å². The minimum atomic E-state index is 0.133. The Hall–Kier alpha value is -0.390. The molecule has 1 aliphatic rings. The Morgan fingerprint density at radius 1 is 1.56 bits per heavy atom. The van der Waals surface area contributed by atoms with Crippen molar-refractivity contribution in [3.05, 3.63) is 20.3 Å². The molecule has 2 heterocycles. The van der Waals surface area contributed by atoms with E-state index in [0.29, 0.717) is 26.3 Å². The SMILES string of the molecule is CCc1sc(C(=O)N2CCOCC2)cc1Br. The van der Waals surface area contributed by atoms with Crippen LogP contribution in [0.15, 0.2) is 10.5 Å². The third-order valence-electron chi connectivity index (χ3n) is 2.59. The van der Waals surface area contributed by atoms with Gasteiger partial charge in [-0.2, -0.15) is 0 Å². The van der Waals surface area contributed by atoms with Crippen molar-refractivity contribution in [3.8, 4) is 0 Å². The molecule has 1 saturated heterocycles. The van der Waals surface area contributed by atoms with Crippen LogP contribution in [0, 0.1) is 0 Å². The molecule has 0 atom stereocenters. The zero-order valence-electron chi connectivity index (χ0n) is 9.16. The first-order valence-corrected chi connectivity index (χ1v) is 6.98. The van der Waals surface area contributed by atoms with E-state index in [-0.39, 0.29) is 5.91 Å². The molecule has 0 aromatic carbocycles. The van der Waals surface area contributed by atoms with Crippen LogP contribution < -0.4 is 0 Å². The Kier molecular flexibility index (Phi) is 4.00. The van der Waals surface area contributed by atoms with Gasteiger partial charge in [0.15, 0.2) is 0 Å². The molecule has 1 amide bonds. The van der Waals surface area contributed by atoms with Crippen LogP contribution in [0.2, 0.25) is 0 Å². The van der Waals surface area contributed by atoms with Crippen LogP contribution in [0.3, 0.4) is 0 Å². The Bertz CT molecular complexity index is 385. The molecule has 0 saturated carbocycles. The summed E-state index contributed by atoms with van der Waals surface area (Å²) in [4.78, 5) is 16.1. The van der Waals surface area contributed by atoms with Gasteiger partial charge in [0.25, 0.3) is 5.91 Å². The number of aryl methyl sites for hydroxylation is 1. The molecule has 1 fully saturated rings. The van der Waals surface area contributed by atoms with Gasteiger partial charge in [-0.05, 0) is 28.4 Å². The fourth-order valence-corrected chi connectivity index (χ4v) is 3.54. The maximum absolute atomic E-state index is 12.1. The molecule has 0 unspecified atom stereocenters. The maximum Gasteiger partial charge on any atom is 0.264 e. The number of rotatable bonds is 2. The molecule has 0 spiro atoms. The highest BCUT2D eigenvalue weighted by molar-refractivity contribution is 9.10. The third kappa shape index (κ3) is 2.47. The van der Waals surface area contributed by atoms with E-state index < -0.39 is 0 Å². The van der Waals surface area contributed by atoms with Gasteiger partial charge >= 0.3 is 0 Å². The molecule has 0 N–H and O–H groups in total. The smallest absolute Gasteiger partial charge is 0.264 e.